The van der Waals surface area contributed by atoms with Crippen molar-refractivity contribution < 1.29 is 8.78 Å². The van der Waals surface area contributed by atoms with E-state index in [1.54, 1.807) is 36.4 Å². The highest BCUT2D eigenvalue weighted by Gasteiger charge is 2.31. The van der Waals surface area contributed by atoms with E-state index in [0.717, 1.165) is 0 Å². The summed E-state index contributed by atoms with van der Waals surface area (Å²) in [5, 5.41) is 0.290. The summed E-state index contributed by atoms with van der Waals surface area (Å²) in [6.45, 7) is -0.209. The Hall–Kier alpha value is -1.45. The molecular formula is C15H14ClF2N. The number of rotatable bonds is 4. The van der Waals surface area contributed by atoms with Crippen molar-refractivity contribution in [2.24, 2.45) is 5.73 Å². The number of halogens is 3. The third kappa shape index (κ3) is 3.11. The van der Waals surface area contributed by atoms with Crippen LogP contribution in [0.5, 0.6) is 0 Å². The van der Waals surface area contributed by atoms with Crippen LogP contribution in [0.4, 0.5) is 8.78 Å². The van der Waals surface area contributed by atoms with Crippen LogP contribution in [0.2, 0.25) is 5.02 Å². The Balaban J connectivity index is 2.33. The summed E-state index contributed by atoms with van der Waals surface area (Å²) in [7, 11) is 0. The van der Waals surface area contributed by atoms with Crippen molar-refractivity contribution in [3.63, 3.8) is 0 Å². The predicted molar refractivity (Wildman–Crippen MR) is 73.4 cm³/mol. The molecule has 0 fully saturated rings. The minimum Gasteiger partial charge on any atom is -0.327 e. The second kappa shape index (κ2) is 5.68. The Labute approximate surface area is 116 Å². The fourth-order valence-electron chi connectivity index (χ4n) is 2.00. The van der Waals surface area contributed by atoms with Crippen molar-refractivity contribution in [3.8, 4) is 0 Å². The van der Waals surface area contributed by atoms with Gasteiger partial charge in [-0.1, -0.05) is 48.0 Å². The molecule has 100 valence electrons. The van der Waals surface area contributed by atoms with Gasteiger partial charge in [-0.15, -0.1) is 0 Å². The quantitative estimate of drug-likeness (QED) is 0.905. The summed E-state index contributed by atoms with van der Waals surface area (Å²) in [6, 6.07) is 12.8. The maximum atomic E-state index is 14.9. The number of hydrogen-bond acceptors (Lipinski definition) is 1. The zero-order chi connectivity index (χ0) is 13.9. The summed E-state index contributed by atoms with van der Waals surface area (Å²) < 4.78 is 28.6. The van der Waals surface area contributed by atoms with E-state index in [0.29, 0.717) is 5.56 Å². The van der Waals surface area contributed by atoms with Crippen molar-refractivity contribution in [1.82, 2.24) is 0 Å². The highest BCUT2D eigenvalue weighted by molar-refractivity contribution is 6.30. The summed E-state index contributed by atoms with van der Waals surface area (Å²) in [5.41, 5.74) is 4.48. The van der Waals surface area contributed by atoms with E-state index in [1.807, 2.05) is 0 Å². The smallest absolute Gasteiger partial charge is 0.152 e. The van der Waals surface area contributed by atoms with Gasteiger partial charge in [0.05, 0.1) is 0 Å². The average Bonchev–Trinajstić information content (AvgIpc) is 2.43. The number of hydrogen-bond donors (Lipinski definition) is 1. The summed E-state index contributed by atoms with van der Waals surface area (Å²) in [6.07, 6.45) is -0.115. The maximum Gasteiger partial charge on any atom is 0.152 e. The van der Waals surface area contributed by atoms with Gasteiger partial charge in [-0.05, 0) is 23.3 Å². The van der Waals surface area contributed by atoms with Crippen LogP contribution in [-0.4, -0.2) is 6.54 Å². The first kappa shape index (κ1) is 14.0. The Bertz CT molecular complexity index is 559. The largest absolute Gasteiger partial charge is 0.327 e. The van der Waals surface area contributed by atoms with E-state index in [1.165, 1.54) is 12.1 Å². The molecule has 0 aromatic heterocycles. The molecule has 0 amide bonds. The van der Waals surface area contributed by atoms with Crippen molar-refractivity contribution in [1.29, 1.82) is 0 Å². The average molecular weight is 282 g/mol. The Morgan fingerprint density at radius 1 is 1.11 bits per heavy atom. The molecule has 0 aliphatic carbocycles. The minimum absolute atomic E-state index is 0.115. The predicted octanol–water partition coefficient (Wildman–Crippen LogP) is 3.85. The number of nitrogens with two attached hydrogens (primary N) is 1. The highest BCUT2D eigenvalue weighted by atomic mass is 35.5. The molecule has 0 spiro atoms. The molecule has 1 nitrogen and oxygen atoms in total. The molecule has 1 atom stereocenters. The molecule has 0 saturated carbocycles. The molecule has 0 aliphatic rings. The lowest BCUT2D eigenvalue weighted by atomic mass is 9.89. The molecule has 0 saturated heterocycles. The zero-order valence-electron chi connectivity index (χ0n) is 10.2. The molecule has 0 bridgehead atoms. The summed E-state index contributed by atoms with van der Waals surface area (Å²) >= 11 is 5.68. The van der Waals surface area contributed by atoms with Gasteiger partial charge in [-0.2, -0.15) is 0 Å². The van der Waals surface area contributed by atoms with Crippen molar-refractivity contribution in [2.75, 3.05) is 6.54 Å². The lowest BCUT2D eigenvalue weighted by Gasteiger charge is -2.24. The normalized spacial score (nSPS) is 14.1. The zero-order valence-corrected chi connectivity index (χ0v) is 11.0. The van der Waals surface area contributed by atoms with Gasteiger partial charge in [-0.25, -0.2) is 8.78 Å². The van der Waals surface area contributed by atoms with Crippen molar-refractivity contribution in [2.45, 2.75) is 12.1 Å². The van der Waals surface area contributed by atoms with Crippen LogP contribution in [0.25, 0.3) is 0 Å². The van der Waals surface area contributed by atoms with Crippen LogP contribution in [0.1, 0.15) is 11.1 Å². The monoisotopic (exact) mass is 281 g/mol. The van der Waals surface area contributed by atoms with Crippen LogP contribution in [-0.2, 0) is 12.1 Å². The van der Waals surface area contributed by atoms with Gasteiger partial charge in [0.1, 0.15) is 5.82 Å². The first-order chi connectivity index (χ1) is 9.05. The molecule has 0 aliphatic heterocycles. The SMILES string of the molecule is NCC(F)(Cc1ccc(Cl)cc1F)c1ccccc1. The van der Waals surface area contributed by atoms with E-state index in [9.17, 15) is 8.78 Å². The summed E-state index contributed by atoms with van der Waals surface area (Å²) in [4.78, 5) is 0. The van der Waals surface area contributed by atoms with E-state index < -0.39 is 11.5 Å². The van der Waals surface area contributed by atoms with Gasteiger partial charge in [-0.3, -0.25) is 0 Å². The van der Waals surface area contributed by atoms with E-state index in [2.05, 4.69) is 0 Å². The first-order valence-electron chi connectivity index (χ1n) is 5.93. The van der Waals surface area contributed by atoms with Crippen LogP contribution < -0.4 is 5.73 Å². The minimum atomic E-state index is -1.78. The molecule has 1 unspecified atom stereocenters. The van der Waals surface area contributed by atoms with Gasteiger partial charge in [0.15, 0.2) is 5.67 Å². The van der Waals surface area contributed by atoms with Crippen LogP contribution >= 0.6 is 11.6 Å². The highest BCUT2D eigenvalue weighted by Crippen LogP contribution is 2.30. The lowest BCUT2D eigenvalue weighted by Crippen LogP contribution is -2.33. The molecule has 2 N–H and O–H groups in total. The first-order valence-corrected chi connectivity index (χ1v) is 6.31. The fourth-order valence-corrected chi connectivity index (χ4v) is 2.15. The van der Waals surface area contributed by atoms with E-state index in [-0.39, 0.29) is 23.6 Å². The van der Waals surface area contributed by atoms with Crippen molar-refractivity contribution >= 4 is 11.6 Å². The molecule has 2 aromatic rings. The second-order valence-electron chi connectivity index (χ2n) is 4.45. The fraction of sp³-hybridized carbons (Fsp3) is 0.200. The number of benzene rings is 2. The van der Waals surface area contributed by atoms with Crippen LogP contribution in [0.3, 0.4) is 0 Å². The number of alkyl halides is 1. The second-order valence-corrected chi connectivity index (χ2v) is 4.88. The molecular weight excluding hydrogens is 268 g/mol. The Kier molecular flexibility index (Phi) is 4.17. The van der Waals surface area contributed by atoms with Crippen LogP contribution in [0, 0.1) is 5.82 Å². The van der Waals surface area contributed by atoms with Gasteiger partial charge in [0.25, 0.3) is 0 Å². The molecule has 0 heterocycles. The maximum absolute atomic E-state index is 14.9. The lowest BCUT2D eigenvalue weighted by molar-refractivity contribution is 0.173. The van der Waals surface area contributed by atoms with Crippen LogP contribution in [0.15, 0.2) is 48.5 Å². The topological polar surface area (TPSA) is 26.0 Å². The third-order valence-electron chi connectivity index (χ3n) is 3.10. The summed E-state index contributed by atoms with van der Waals surface area (Å²) in [5.74, 6) is -0.515. The Morgan fingerprint density at radius 2 is 1.79 bits per heavy atom. The van der Waals surface area contributed by atoms with Gasteiger partial charge < -0.3 is 5.73 Å². The molecule has 4 heteroatoms. The molecule has 19 heavy (non-hydrogen) atoms. The van der Waals surface area contributed by atoms with E-state index >= 15 is 0 Å². The molecule has 0 radical (unpaired) electrons. The van der Waals surface area contributed by atoms with Gasteiger partial charge in [0, 0.05) is 18.0 Å². The standard InChI is InChI=1S/C15H14ClF2N/c16-13-7-6-11(14(17)8-13)9-15(18,10-19)12-4-2-1-3-5-12/h1-8H,9-10,19H2. The van der Waals surface area contributed by atoms with Crippen molar-refractivity contribution in [3.05, 3.63) is 70.5 Å². The Morgan fingerprint density at radius 3 is 2.37 bits per heavy atom. The van der Waals surface area contributed by atoms with Gasteiger partial charge >= 0.3 is 0 Å². The molecule has 2 rings (SSSR count). The third-order valence-corrected chi connectivity index (χ3v) is 3.34. The molecule has 2 aromatic carbocycles. The van der Waals surface area contributed by atoms with E-state index in [4.69, 9.17) is 17.3 Å². The van der Waals surface area contributed by atoms with Gasteiger partial charge in [0.2, 0.25) is 0 Å².